The van der Waals surface area contributed by atoms with Gasteiger partial charge in [0.2, 0.25) is 5.43 Å². The fourth-order valence-electron chi connectivity index (χ4n) is 5.46. The highest BCUT2D eigenvalue weighted by atomic mass is 19.2. The monoisotopic (exact) mass is 479 g/mol. The number of aryl methyl sites for hydroxylation is 1. The summed E-state index contributed by atoms with van der Waals surface area (Å²) in [6.07, 6.45) is 2.70. The Morgan fingerprint density at radius 2 is 1.74 bits per heavy atom. The van der Waals surface area contributed by atoms with Gasteiger partial charge in [-0.3, -0.25) is 19.3 Å². The molecule has 35 heavy (non-hydrogen) atoms. The number of carbonyl (C=O) groups excluding carboxylic acids is 1. The molecular formula is C26H23F2N3O4. The molecular weight excluding hydrogens is 456 g/mol. The van der Waals surface area contributed by atoms with Crippen LogP contribution in [0.3, 0.4) is 0 Å². The molecule has 0 spiro atoms. The molecule has 1 fully saturated rings. The van der Waals surface area contributed by atoms with Crippen LogP contribution >= 0.6 is 0 Å². The molecule has 0 radical (unpaired) electrons. The molecule has 180 valence electrons. The molecule has 3 aromatic rings. The molecule has 3 aliphatic rings. The lowest BCUT2D eigenvalue weighted by atomic mass is 9.88. The number of hydrogen-bond donors (Lipinski definition) is 1. The molecule has 1 saturated heterocycles. The van der Waals surface area contributed by atoms with Crippen LogP contribution in [0.5, 0.6) is 5.75 Å². The second-order valence-corrected chi connectivity index (χ2v) is 9.16. The maximum atomic E-state index is 14.6. The van der Waals surface area contributed by atoms with Crippen molar-refractivity contribution in [2.24, 2.45) is 0 Å². The van der Waals surface area contributed by atoms with Crippen molar-refractivity contribution in [1.82, 2.24) is 9.58 Å². The molecule has 0 bridgehead atoms. The number of hydrogen-bond acceptors (Lipinski definition) is 5. The largest absolute Gasteiger partial charge is 0.502 e. The van der Waals surface area contributed by atoms with Crippen molar-refractivity contribution < 1.29 is 23.4 Å². The maximum Gasteiger partial charge on any atom is 0.278 e. The van der Waals surface area contributed by atoms with Gasteiger partial charge in [0.1, 0.15) is 6.17 Å². The molecule has 7 nitrogen and oxygen atoms in total. The third-order valence-corrected chi connectivity index (χ3v) is 7.15. The predicted octanol–water partition coefficient (Wildman–Crippen LogP) is 3.08. The highest BCUT2D eigenvalue weighted by Gasteiger charge is 2.48. The standard InChI is InChI=1S/C26H23F2N3O4/c27-19-11-16-7-4-8-22-30(17-13-35-14-17)26(34)24-25(33)21(32)9-10-29(24)31(22)23(18(16)12-20(19)28)15-5-2-1-3-6-15/h1-3,5-6,9-12,17,22-23,33H,4,7-8,13-14H2/t22?,23-/m1/s1. The van der Waals surface area contributed by atoms with Crippen LogP contribution in [-0.2, 0) is 11.2 Å². The van der Waals surface area contributed by atoms with Gasteiger partial charge in [0.25, 0.3) is 5.91 Å². The maximum absolute atomic E-state index is 14.6. The first kappa shape index (κ1) is 21.8. The minimum Gasteiger partial charge on any atom is -0.502 e. The number of pyridine rings is 1. The van der Waals surface area contributed by atoms with Crippen LogP contribution in [-0.4, -0.2) is 46.0 Å². The second-order valence-electron chi connectivity index (χ2n) is 9.16. The molecule has 1 amide bonds. The van der Waals surface area contributed by atoms with Crippen molar-refractivity contribution in [3.8, 4) is 5.75 Å². The number of halogens is 2. The minimum absolute atomic E-state index is 0.147. The van der Waals surface area contributed by atoms with Crippen molar-refractivity contribution in [2.75, 3.05) is 18.2 Å². The van der Waals surface area contributed by atoms with E-state index in [0.717, 1.165) is 5.56 Å². The molecule has 4 heterocycles. The van der Waals surface area contributed by atoms with Gasteiger partial charge in [-0.2, -0.15) is 0 Å². The fraction of sp³-hybridized carbons (Fsp3) is 0.308. The number of nitrogens with zero attached hydrogens (tertiary/aromatic N) is 3. The summed E-state index contributed by atoms with van der Waals surface area (Å²) in [7, 11) is 0. The summed E-state index contributed by atoms with van der Waals surface area (Å²) in [4.78, 5) is 27.7. The number of aromatic nitrogens is 1. The summed E-state index contributed by atoms with van der Waals surface area (Å²) in [5.41, 5.74) is 1.24. The predicted molar refractivity (Wildman–Crippen MR) is 123 cm³/mol. The first-order chi connectivity index (χ1) is 17.0. The van der Waals surface area contributed by atoms with Crippen LogP contribution in [0.2, 0.25) is 0 Å². The van der Waals surface area contributed by atoms with E-state index in [1.807, 2.05) is 35.3 Å². The van der Waals surface area contributed by atoms with Crippen LogP contribution in [0.25, 0.3) is 0 Å². The van der Waals surface area contributed by atoms with E-state index in [9.17, 15) is 23.5 Å². The molecule has 6 rings (SSSR count). The third-order valence-electron chi connectivity index (χ3n) is 7.15. The smallest absolute Gasteiger partial charge is 0.278 e. The summed E-state index contributed by atoms with van der Waals surface area (Å²) >= 11 is 0. The molecule has 0 aliphatic carbocycles. The number of fused-ring (bicyclic) bond motifs is 4. The summed E-state index contributed by atoms with van der Waals surface area (Å²) in [5.74, 6) is -2.95. The van der Waals surface area contributed by atoms with Crippen LogP contribution in [0.4, 0.5) is 8.78 Å². The van der Waals surface area contributed by atoms with Gasteiger partial charge in [0.05, 0.1) is 25.3 Å². The summed E-state index contributed by atoms with van der Waals surface area (Å²) in [6.45, 7) is 0.695. The summed E-state index contributed by atoms with van der Waals surface area (Å²) in [6, 6.07) is 12.2. The number of ether oxygens (including phenoxy) is 1. The number of aromatic hydroxyl groups is 1. The van der Waals surface area contributed by atoms with Crippen LogP contribution in [0.1, 0.15) is 46.1 Å². The average molecular weight is 479 g/mol. The zero-order chi connectivity index (χ0) is 24.3. The van der Waals surface area contributed by atoms with Crippen molar-refractivity contribution in [3.05, 3.63) is 99.0 Å². The van der Waals surface area contributed by atoms with Gasteiger partial charge in [0, 0.05) is 12.3 Å². The van der Waals surface area contributed by atoms with Gasteiger partial charge < -0.3 is 14.7 Å². The Bertz CT molecular complexity index is 1370. The van der Waals surface area contributed by atoms with E-state index >= 15 is 0 Å². The second kappa shape index (κ2) is 8.20. The van der Waals surface area contributed by atoms with Gasteiger partial charge >= 0.3 is 0 Å². The van der Waals surface area contributed by atoms with Crippen LogP contribution in [0.15, 0.2) is 59.5 Å². The topological polar surface area (TPSA) is 75.0 Å². The summed E-state index contributed by atoms with van der Waals surface area (Å²) < 4.78 is 35.8. The lowest BCUT2D eigenvalue weighted by molar-refractivity contribution is -0.0746. The van der Waals surface area contributed by atoms with Crippen LogP contribution < -0.4 is 10.4 Å². The SMILES string of the molecule is O=C1c2c(O)c(=O)ccn2N2C(CCCc3cc(F)c(F)cc3[C@H]2c2ccccc2)N1C1COC1. The van der Waals surface area contributed by atoms with Gasteiger partial charge in [-0.15, -0.1) is 0 Å². The summed E-state index contributed by atoms with van der Waals surface area (Å²) in [5, 5.41) is 12.6. The molecule has 9 heteroatoms. The highest BCUT2D eigenvalue weighted by molar-refractivity contribution is 5.96. The molecule has 1 unspecified atom stereocenters. The minimum atomic E-state index is -0.956. The zero-order valence-electron chi connectivity index (χ0n) is 18.7. The van der Waals surface area contributed by atoms with Gasteiger partial charge in [0.15, 0.2) is 23.1 Å². The normalized spacial score (nSPS) is 21.9. The van der Waals surface area contributed by atoms with Gasteiger partial charge in [-0.1, -0.05) is 30.3 Å². The van der Waals surface area contributed by atoms with E-state index in [1.165, 1.54) is 29.1 Å². The zero-order valence-corrected chi connectivity index (χ0v) is 18.7. The Kier molecular flexibility index (Phi) is 5.10. The Labute approximate surface area is 199 Å². The molecule has 1 N–H and O–H groups in total. The van der Waals surface area contributed by atoms with E-state index in [-0.39, 0.29) is 11.7 Å². The fourth-order valence-corrected chi connectivity index (χ4v) is 5.46. The number of rotatable bonds is 2. The highest BCUT2D eigenvalue weighted by Crippen LogP contribution is 2.41. The number of carbonyl (C=O) groups is 1. The van der Waals surface area contributed by atoms with Crippen molar-refractivity contribution in [1.29, 1.82) is 0 Å². The average Bonchev–Trinajstić information content (AvgIpc) is 2.81. The Balaban J connectivity index is 1.66. The van der Waals surface area contributed by atoms with Crippen molar-refractivity contribution in [3.63, 3.8) is 0 Å². The molecule has 1 aromatic heterocycles. The van der Waals surface area contributed by atoms with Crippen LogP contribution in [0, 0.1) is 11.6 Å². The molecule has 2 atom stereocenters. The first-order valence-electron chi connectivity index (χ1n) is 11.6. The lowest BCUT2D eigenvalue weighted by Gasteiger charge is -2.54. The lowest BCUT2D eigenvalue weighted by Crippen LogP contribution is -2.68. The third kappa shape index (κ3) is 3.33. The Morgan fingerprint density at radius 3 is 2.46 bits per heavy atom. The van der Waals surface area contributed by atoms with E-state index in [4.69, 9.17) is 4.74 Å². The van der Waals surface area contributed by atoms with Gasteiger partial charge in [-0.25, -0.2) is 8.78 Å². The van der Waals surface area contributed by atoms with Gasteiger partial charge in [-0.05, 0) is 48.1 Å². The molecule has 0 saturated carbocycles. The Morgan fingerprint density at radius 1 is 1.00 bits per heavy atom. The van der Waals surface area contributed by atoms with Crippen molar-refractivity contribution >= 4 is 5.91 Å². The number of benzene rings is 2. The van der Waals surface area contributed by atoms with Crippen molar-refractivity contribution in [2.45, 2.75) is 37.5 Å². The number of amides is 1. The van der Waals surface area contributed by atoms with E-state index < -0.39 is 40.9 Å². The Hall–Kier alpha value is -3.72. The molecule has 2 aromatic carbocycles. The van der Waals surface area contributed by atoms with E-state index in [0.29, 0.717) is 43.6 Å². The van der Waals surface area contributed by atoms with E-state index in [1.54, 1.807) is 4.90 Å². The quantitative estimate of drug-likeness (QED) is 0.612. The van der Waals surface area contributed by atoms with E-state index in [2.05, 4.69) is 0 Å². The molecule has 3 aliphatic heterocycles. The first-order valence-corrected chi connectivity index (χ1v) is 11.6.